The van der Waals surface area contributed by atoms with Crippen LogP contribution in [0, 0.1) is 17.8 Å². The second-order valence-electron chi connectivity index (χ2n) is 6.10. The molecule has 1 amide bonds. The molecule has 0 bridgehead atoms. The van der Waals surface area contributed by atoms with Crippen LogP contribution in [0.3, 0.4) is 0 Å². The van der Waals surface area contributed by atoms with E-state index in [-0.39, 0.29) is 11.8 Å². The molecule has 4 nitrogen and oxygen atoms in total. The van der Waals surface area contributed by atoms with Crippen LogP contribution in [0.2, 0.25) is 10.0 Å². The first-order valence-corrected chi connectivity index (χ1v) is 8.35. The predicted molar refractivity (Wildman–Crippen MR) is 88.4 cm³/mol. The molecule has 1 N–H and O–H groups in total. The molecular formula is C17H17Cl2NO3. The van der Waals surface area contributed by atoms with Gasteiger partial charge in [0.05, 0.1) is 21.9 Å². The standard InChI is InChI=1S/C17H17Cl2NO3/c18-13-5-4-10(8-14(13)19)9-20-7-6-11-2-1-3-12(17(22)23)15(11)16(20)21/h1-2,4-5,8,11-12,15H,3,6-7,9H2,(H,22,23)/t11-,12-,15+/m1/s1. The third kappa shape index (κ3) is 3.24. The molecule has 3 atom stereocenters. The molecule has 2 aliphatic rings. The number of carboxylic acids is 1. The van der Waals surface area contributed by atoms with Gasteiger partial charge in [-0.3, -0.25) is 9.59 Å². The molecule has 1 fully saturated rings. The molecule has 6 heteroatoms. The third-order valence-corrected chi connectivity index (χ3v) is 5.41. The van der Waals surface area contributed by atoms with Gasteiger partial charge in [0.1, 0.15) is 0 Å². The summed E-state index contributed by atoms with van der Waals surface area (Å²) >= 11 is 11.9. The van der Waals surface area contributed by atoms with Crippen LogP contribution in [0.25, 0.3) is 0 Å². The van der Waals surface area contributed by atoms with Crippen molar-refractivity contribution in [1.82, 2.24) is 4.90 Å². The van der Waals surface area contributed by atoms with E-state index in [1.165, 1.54) is 0 Å². The number of piperidine rings is 1. The lowest BCUT2D eigenvalue weighted by Crippen LogP contribution is -2.49. The molecule has 23 heavy (non-hydrogen) atoms. The Morgan fingerprint density at radius 2 is 2.09 bits per heavy atom. The van der Waals surface area contributed by atoms with Gasteiger partial charge in [-0.05, 0) is 36.5 Å². The second-order valence-corrected chi connectivity index (χ2v) is 6.91. The molecule has 0 aromatic heterocycles. The maximum absolute atomic E-state index is 12.8. The summed E-state index contributed by atoms with van der Waals surface area (Å²) < 4.78 is 0. The summed E-state index contributed by atoms with van der Waals surface area (Å²) in [5.74, 6) is -2.04. The molecule has 0 saturated carbocycles. The Hall–Kier alpha value is -1.52. The summed E-state index contributed by atoms with van der Waals surface area (Å²) in [7, 11) is 0. The van der Waals surface area contributed by atoms with Crippen LogP contribution in [0.1, 0.15) is 18.4 Å². The number of amides is 1. The van der Waals surface area contributed by atoms with Crippen molar-refractivity contribution in [3.8, 4) is 0 Å². The number of carboxylic acid groups (broad SMARTS) is 1. The van der Waals surface area contributed by atoms with Gasteiger partial charge in [-0.1, -0.05) is 41.4 Å². The summed E-state index contributed by atoms with van der Waals surface area (Å²) in [5.41, 5.74) is 0.893. The Balaban J connectivity index is 1.79. The van der Waals surface area contributed by atoms with Gasteiger partial charge in [0, 0.05) is 13.1 Å². The van der Waals surface area contributed by atoms with Crippen molar-refractivity contribution in [2.24, 2.45) is 17.8 Å². The minimum Gasteiger partial charge on any atom is -0.481 e. The lowest BCUT2D eigenvalue weighted by molar-refractivity contribution is -0.155. The maximum Gasteiger partial charge on any atom is 0.307 e. The predicted octanol–water partition coefficient (Wildman–Crippen LogP) is 3.62. The van der Waals surface area contributed by atoms with Gasteiger partial charge in [-0.25, -0.2) is 0 Å². The number of hydrogen-bond donors (Lipinski definition) is 1. The zero-order valence-electron chi connectivity index (χ0n) is 12.4. The quantitative estimate of drug-likeness (QED) is 0.844. The van der Waals surface area contributed by atoms with Crippen molar-refractivity contribution in [3.63, 3.8) is 0 Å². The third-order valence-electron chi connectivity index (χ3n) is 4.67. The fourth-order valence-electron chi connectivity index (χ4n) is 3.49. The number of hydrogen-bond acceptors (Lipinski definition) is 2. The fourth-order valence-corrected chi connectivity index (χ4v) is 3.81. The van der Waals surface area contributed by atoms with E-state index < -0.39 is 17.8 Å². The SMILES string of the molecule is O=C(O)[C@@H]1CC=C[C@@H]2CCN(Cc3ccc(Cl)c(Cl)c3)C(=O)[C@@H]21. The van der Waals surface area contributed by atoms with E-state index >= 15 is 0 Å². The van der Waals surface area contributed by atoms with Gasteiger partial charge in [-0.15, -0.1) is 0 Å². The zero-order chi connectivity index (χ0) is 16.6. The molecule has 1 saturated heterocycles. The van der Waals surface area contributed by atoms with E-state index in [2.05, 4.69) is 0 Å². The number of carbonyl (C=O) groups is 2. The van der Waals surface area contributed by atoms with Crippen LogP contribution in [-0.2, 0) is 16.1 Å². The number of nitrogens with zero attached hydrogens (tertiary/aromatic N) is 1. The molecule has 1 aliphatic carbocycles. The first kappa shape index (κ1) is 16.3. The Labute approximate surface area is 144 Å². The van der Waals surface area contributed by atoms with Gasteiger partial charge < -0.3 is 10.0 Å². The average Bonchev–Trinajstić information content (AvgIpc) is 2.53. The number of halogens is 2. The van der Waals surface area contributed by atoms with E-state index in [1.807, 2.05) is 18.2 Å². The van der Waals surface area contributed by atoms with E-state index in [4.69, 9.17) is 23.2 Å². The number of fused-ring (bicyclic) bond motifs is 1. The number of rotatable bonds is 3. The number of aliphatic carboxylic acids is 1. The van der Waals surface area contributed by atoms with Crippen molar-refractivity contribution < 1.29 is 14.7 Å². The maximum atomic E-state index is 12.8. The Morgan fingerprint density at radius 3 is 2.78 bits per heavy atom. The van der Waals surface area contributed by atoms with Crippen LogP contribution in [0.15, 0.2) is 30.4 Å². The minimum atomic E-state index is -0.894. The van der Waals surface area contributed by atoms with Crippen molar-refractivity contribution in [2.45, 2.75) is 19.4 Å². The van der Waals surface area contributed by atoms with Crippen LogP contribution in [0.4, 0.5) is 0 Å². The highest BCUT2D eigenvalue weighted by Gasteiger charge is 2.44. The lowest BCUT2D eigenvalue weighted by atomic mass is 9.71. The summed E-state index contributed by atoms with van der Waals surface area (Å²) in [6.45, 7) is 1.05. The normalized spacial score (nSPS) is 27.0. The largest absolute Gasteiger partial charge is 0.481 e. The van der Waals surface area contributed by atoms with Crippen LogP contribution in [-0.4, -0.2) is 28.4 Å². The monoisotopic (exact) mass is 353 g/mol. The number of carbonyl (C=O) groups excluding carboxylic acids is 1. The van der Waals surface area contributed by atoms with Crippen molar-refractivity contribution in [2.75, 3.05) is 6.54 Å². The highest BCUT2D eigenvalue weighted by atomic mass is 35.5. The summed E-state index contributed by atoms with van der Waals surface area (Å²) in [4.78, 5) is 26.0. The Morgan fingerprint density at radius 1 is 1.30 bits per heavy atom. The van der Waals surface area contributed by atoms with Crippen LogP contribution < -0.4 is 0 Å². The molecule has 1 aromatic rings. The van der Waals surface area contributed by atoms with Gasteiger partial charge in [0.15, 0.2) is 0 Å². The average molecular weight is 354 g/mol. The molecule has 0 radical (unpaired) electrons. The van der Waals surface area contributed by atoms with Gasteiger partial charge >= 0.3 is 5.97 Å². The first-order valence-electron chi connectivity index (χ1n) is 7.59. The topological polar surface area (TPSA) is 57.6 Å². The van der Waals surface area contributed by atoms with E-state index in [1.54, 1.807) is 17.0 Å². The molecule has 0 unspecified atom stereocenters. The van der Waals surface area contributed by atoms with Gasteiger partial charge in [-0.2, -0.15) is 0 Å². The number of benzene rings is 1. The fraction of sp³-hybridized carbons (Fsp3) is 0.412. The van der Waals surface area contributed by atoms with Crippen molar-refractivity contribution >= 4 is 35.1 Å². The second kappa shape index (κ2) is 6.54. The Bertz CT molecular complexity index is 674. The van der Waals surface area contributed by atoms with E-state index in [9.17, 15) is 14.7 Å². The van der Waals surface area contributed by atoms with Gasteiger partial charge in [0.2, 0.25) is 5.91 Å². The van der Waals surface area contributed by atoms with Crippen LogP contribution >= 0.6 is 23.2 Å². The molecule has 1 aliphatic heterocycles. The molecule has 1 heterocycles. The van der Waals surface area contributed by atoms with E-state index in [0.29, 0.717) is 29.6 Å². The molecular weight excluding hydrogens is 337 g/mol. The summed E-state index contributed by atoms with van der Waals surface area (Å²) in [5, 5.41) is 10.3. The highest BCUT2D eigenvalue weighted by Crippen LogP contribution is 2.38. The lowest BCUT2D eigenvalue weighted by Gasteiger charge is -2.41. The Kier molecular flexibility index (Phi) is 4.64. The van der Waals surface area contributed by atoms with Gasteiger partial charge in [0.25, 0.3) is 0 Å². The molecule has 1 aromatic carbocycles. The molecule has 122 valence electrons. The van der Waals surface area contributed by atoms with E-state index in [0.717, 1.165) is 12.0 Å². The number of allylic oxidation sites excluding steroid dienone is 2. The minimum absolute atomic E-state index is 0.0300. The summed E-state index contributed by atoms with van der Waals surface area (Å²) in [6, 6.07) is 5.29. The number of likely N-dealkylation sites (tertiary alicyclic amines) is 1. The van der Waals surface area contributed by atoms with Crippen molar-refractivity contribution in [1.29, 1.82) is 0 Å². The smallest absolute Gasteiger partial charge is 0.307 e. The highest BCUT2D eigenvalue weighted by molar-refractivity contribution is 6.42. The molecule has 0 spiro atoms. The zero-order valence-corrected chi connectivity index (χ0v) is 13.9. The molecule has 3 rings (SSSR count). The van der Waals surface area contributed by atoms with Crippen LogP contribution in [0.5, 0.6) is 0 Å². The first-order chi connectivity index (χ1) is 11.0. The van der Waals surface area contributed by atoms with Crippen molar-refractivity contribution in [3.05, 3.63) is 46.0 Å². The summed E-state index contributed by atoms with van der Waals surface area (Å²) in [6.07, 6.45) is 5.10.